The van der Waals surface area contributed by atoms with E-state index in [0.717, 1.165) is 43.3 Å². The number of nitrogens with zero attached hydrogens (tertiary/aromatic N) is 3. The van der Waals surface area contributed by atoms with Gasteiger partial charge in [0.2, 0.25) is 5.91 Å². The summed E-state index contributed by atoms with van der Waals surface area (Å²) in [5, 5.41) is 3.38. The summed E-state index contributed by atoms with van der Waals surface area (Å²) in [6, 6.07) is 8.45. The number of piperazine rings is 1. The van der Waals surface area contributed by atoms with Gasteiger partial charge in [-0.1, -0.05) is 25.4 Å². The number of rotatable bonds is 6. The van der Waals surface area contributed by atoms with Crippen LogP contribution in [0.5, 0.6) is 0 Å². The maximum atomic E-state index is 12.2. The van der Waals surface area contributed by atoms with Crippen molar-refractivity contribution >= 4 is 40.2 Å². The molecule has 2 aromatic rings. The number of carbonyl (C=O) groups excluding carboxylic acids is 1. The molecule has 0 bridgehead atoms. The average Bonchev–Trinajstić information content (AvgIpc) is 3.05. The molecule has 5 nitrogen and oxygen atoms in total. The summed E-state index contributed by atoms with van der Waals surface area (Å²) in [4.78, 5) is 21.7. The first-order valence-corrected chi connectivity index (χ1v) is 10.2. The predicted molar refractivity (Wildman–Crippen MR) is 109 cm³/mol. The van der Waals surface area contributed by atoms with E-state index < -0.39 is 0 Å². The third-order valence-electron chi connectivity index (χ3n) is 4.44. The van der Waals surface area contributed by atoms with Crippen LogP contribution in [0, 0.1) is 5.92 Å². The van der Waals surface area contributed by atoms with Crippen LogP contribution in [-0.2, 0) is 11.3 Å². The van der Waals surface area contributed by atoms with Gasteiger partial charge in [0.1, 0.15) is 0 Å². The molecule has 0 radical (unpaired) electrons. The second kappa shape index (κ2) is 8.73. The maximum Gasteiger partial charge on any atom is 0.222 e. The fraction of sp³-hybridized carbons (Fsp3) is 0.474. The summed E-state index contributed by atoms with van der Waals surface area (Å²) in [6.45, 7) is 8.28. The Bertz CT molecular complexity index is 723. The third kappa shape index (κ3) is 5.11. The number of anilines is 2. The molecule has 3 rings (SSSR count). The van der Waals surface area contributed by atoms with Crippen molar-refractivity contribution in [3.63, 3.8) is 0 Å². The fourth-order valence-electron chi connectivity index (χ4n) is 3.04. The molecule has 2 heterocycles. The zero-order valence-electron chi connectivity index (χ0n) is 15.2. The number of hydrogen-bond donors (Lipinski definition) is 1. The highest BCUT2D eigenvalue weighted by atomic mass is 35.5. The highest BCUT2D eigenvalue weighted by Crippen LogP contribution is 2.22. The number of benzene rings is 1. The van der Waals surface area contributed by atoms with Crippen LogP contribution in [0.2, 0.25) is 4.47 Å². The number of nitrogens with one attached hydrogen (secondary N) is 1. The van der Waals surface area contributed by atoms with Crippen molar-refractivity contribution < 1.29 is 4.79 Å². The Morgan fingerprint density at radius 3 is 2.50 bits per heavy atom. The molecule has 140 valence electrons. The highest BCUT2D eigenvalue weighted by molar-refractivity contribution is 7.15. The molecule has 0 aliphatic carbocycles. The van der Waals surface area contributed by atoms with Crippen molar-refractivity contribution in [2.75, 3.05) is 36.4 Å². The summed E-state index contributed by atoms with van der Waals surface area (Å²) >= 11 is 7.34. The molecule has 1 fully saturated rings. The van der Waals surface area contributed by atoms with Crippen molar-refractivity contribution in [1.29, 1.82) is 0 Å². The molecule has 0 unspecified atom stereocenters. The Balaban J connectivity index is 1.49. The van der Waals surface area contributed by atoms with Crippen LogP contribution < -0.4 is 10.2 Å². The van der Waals surface area contributed by atoms with E-state index in [9.17, 15) is 4.79 Å². The summed E-state index contributed by atoms with van der Waals surface area (Å²) in [7, 11) is 0. The maximum absolute atomic E-state index is 12.2. The van der Waals surface area contributed by atoms with Crippen LogP contribution in [0.25, 0.3) is 0 Å². The minimum atomic E-state index is 0.280. The Hall–Kier alpha value is -1.79. The Morgan fingerprint density at radius 1 is 1.23 bits per heavy atom. The van der Waals surface area contributed by atoms with Gasteiger partial charge in [-0.3, -0.25) is 4.79 Å². The molecule has 26 heavy (non-hydrogen) atoms. The van der Waals surface area contributed by atoms with Crippen molar-refractivity contribution in [1.82, 2.24) is 9.88 Å². The first-order valence-electron chi connectivity index (χ1n) is 8.98. The standard InChI is InChI=1S/C19H25ClN4OS/c1-14(2)11-18(25)24-9-7-23(8-10-24)16-5-3-15(4-6-16)21-12-17-13-22-19(20)26-17/h3-6,13-14,21H,7-12H2,1-2H3. The normalized spacial score (nSPS) is 14.8. The zero-order valence-corrected chi connectivity index (χ0v) is 16.8. The Morgan fingerprint density at radius 2 is 1.92 bits per heavy atom. The highest BCUT2D eigenvalue weighted by Gasteiger charge is 2.21. The molecular formula is C19H25ClN4OS. The smallest absolute Gasteiger partial charge is 0.222 e. The molecule has 0 atom stereocenters. The van der Waals surface area contributed by atoms with Gasteiger partial charge in [-0.05, 0) is 30.2 Å². The van der Waals surface area contributed by atoms with E-state index in [4.69, 9.17) is 11.6 Å². The van der Waals surface area contributed by atoms with Gasteiger partial charge in [0, 0.05) is 55.0 Å². The van der Waals surface area contributed by atoms with E-state index in [0.29, 0.717) is 16.8 Å². The van der Waals surface area contributed by atoms with Crippen LogP contribution in [0.15, 0.2) is 30.5 Å². The lowest BCUT2D eigenvalue weighted by molar-refractivity contribution is -0.132. The van der Waals surface area contributed by atoms with E-state index >= 15 is 0 Å². The van der Waals surface area contributed by atoms with Gasteiger partial charge in [-0.15, -0.1) is 11.3 Å². The van der Waals surface area contributed by atoms with Crippen LogP contribution >= 0.6 is 22.9 Å². The molecule has 1 amide bonds. The number of aromatic nitrogens is 1. The fourth-order valence-corrected chi connectivity index (χ4v) is 3.95. The van der Waals surface area contributed by atoms with Gasteiger partial charge < -0.3 is 15.1 Å². The molecule has 7 heteroatoms. The number of halogens is 1. The molecule has 0 saturated carbocycles. The summed E-state index contributed by atoms with van der Waals surface area (Å²) in [6.07, 6.45) is 2.44. The minimum absolute atomic E-state index is 0.280. The van der Waals surface area contributed by atoms with Gasteiger partial charge in [0.05, 0.1) is 6.54 Å². The predicted octanol–water partition coefficient (Wildman–Crippen LogP) is 4.10. The van der Waals surface area contributed by atoms with Crippen LogP contribution in [0.3, 0.4) is 0 Å². The summed E-state index contributed by atoms with van der Waals surface area (Å²) in [5.41, 5.74) is 2.27. The largest absolute Gasteiger partial charge is 0.380 e. The summed E-state index contributed by atoms with van der Waals surface area (Å²) < 4.78 is 0.572. The molecule has 1 aromatic carbocycles. The van der Waals surface area contributed by atoms with E-state index in [2.05, 4.69) is 53.3 Å². The van der Waals surface area contributed by atoms with Gasteiger partial charge in [0.25, 0.3) is 0 Å². The second-order valence-corrected chi connectivity index (χ2v) is 8.64. The number of hydrogen-bond acceptors (Lipinski definition) is 5. The van der Waals surface area contributed by atoms with Crippen molar-refractivity contribution in [2.24, 2.45) is 5.92 Å². The average molecular weight is 393 g/mol. The number of carbonyl (C=O) groups is 1. The van der Waals surface area contributed by atoms with Crippen molar-refractivity contribution in [3.05, 3.63) is 39.8 Å². The lowest BCUT2D eigenvalue weighted by atomic mass is 10.1. The van der Waals surface area contributed by atoms with Gasteiger partial charge >= 0.3 is 0 Å². The van der Waals surface area contributed by atoms with Gasteiger partial charge in [-0.25, -0.2) is 4.98 Å². The monoisotopic (exact) mass is 392 g/mol. The topological polar surface area (TPSA) is 48.5 Å². The second-order valence-electron chi connectivity index (χ2n) is 6.95. The van der Waals surface area contributed by atoms with Gasteiger partial charge in [0.15, 0.2) is 4.47 Å². The number of thiazole rings is 1. The first-order chi connectivity index (χ1) is 12.5. The third-order valence-corrected chi connectivity index (χ3v) is 5.55. The molecule has 0 spiro atoms. The number of amides is 1. The molecule has 1 aromatic heterocycles. The van der Waals surface area contributed by atoms with Crippen LogP contribution in [-0.4, -0.2) is 42.0 Å². The van der Waals surface area contributed by atoms with Gasteiger partial charge in [-0.2, -0.15) is 0 Å². The first kappa shape index (κ1) is 19.0. The molecule has 1 saturated heterocycles. The SMILES string of the molecule is CC(C)CC(=O)N1CCN(c2ccc(NCc3cnc(Cl)s3)cc2)CC1. The van der Waals surface area contributed by atoms with Crippen molar-refractivity contribution in [3.8, 4) is 0 Å². The van der Waals surface area contributed by atoms with E-state index in [1.807, 2.05) is 4.90 Å². The van der Waals surface area contributed by atoms with Crippen LogP contribution in [0.4, 0.5) is 11.4 Å². The molecule has 1 N–H and O–H groups in total. The van der Waals surface area contributed by atoms with Crippen molar-refractivity contribution in [2.45, 2.75) is 26.8 Å². The Kier molecular flexibility index (Phi) is 6.38. The molecule has 1 aliphatic rings. The quantitative estimate of drug-likeness (QED) is 0.803. The molecular weight excluding hydrogens is 368 g/mol. The minimum Gasteiger partial charge on any atom is -0.380 e. The van der Waals surface area contributed by atoms with E-state index in [-0.39, 0.29) is 5.91 Å². The van der Waals surface area contributed by atoms with E-state index in [1.54, 1.807) is 6.20 Å². The zero-order chi connectivity index (χ0) is 18.5. The Labute approximate surface area is 164 Å². The lowest BCUT2D eigenvalue weighted by Crippen LogP contribution is -2.49. The lowest BCUT2D eigenvalue weighted by Gasteiger charge is -2.36. The van der Waals surface area contributed by atoms with Crippen LogP contribution in [0.1, 0.15) is 25.1 Å². The van der Waals surface area contributed by atoms with E-state index in [1.165, 1.54) is 17.0 Å². The molecule has 1 aliphatic heterocycles. The summed E-state index contributed by atoms with van der Waals surface area (Å²) in [5.74, 6) is 0.698.